The number of nitrogens with one attached hydrogen (secondary N) is 1. The van der Waals surface area contributed by atoms with Crippen molar-refractivity contribution in [2.45, 2.75) is 12.5 Å². The van der Waals surface area contributed by atoms with Gasteiger partial charge in [0.05, 0.1) is 5.69 Å². The van der Waals surface area contributed by atoms with Crippen LogP contribution in [0.15, 0.2) is 59.6 Å². The summed E-state index contributed by atoms with van der Waals surface area (Å²) in [6, 6.07) is 17.4. The number of fused-ring (bicyclic) bond motifs is 1. The number of hydrogen-bond donors (Lipinski definition) is 2. The second-order valence-electron chi connectivity index (χ2n) is 4.54. The molecule has 1 atom stereocenters. The molecule has 0 amide bonds. The molecule has 0 fully saturated rings. The van der Waals surface area contributed by atoms with E-state index in [1.165, 1.54) is 0 Å². The van der Waals surface area contributed by atoms with Crippen LogP contribution in [0.1, 0.15) is 12.5 Å². The van der Waals surface area contributed by atoms with Crippen LogP contribution in [0, 0.1) is 0 Å². The standard InChI is InChI=1S/C15H14N2O/c1-15(18)12-9-5-6-10-13(12)17-14(15)16-11-7-3-2-4-8-11/h2-10,18H,1H3,(H,16,17)/t15-/m1/s1. The van der Waals surface area contributed by atoms with E-state index in [1.54, 1.807) is 6.92 Å². The Bertz CT molecular complexity index is 603. The Morgan fingerprint density at radius 2 is 1.67 bits per heavy atom. The first-order valence-electron chi connectivity index (χ1n) is 5.91. The summed E-state index contributed by atoms with van der Waals surface area (Å²) in [5, 5.41) is 13.8. The van der Waals surface area contributed by atoms with Crippen LogP contribution in [0.3, 0.4) is 0 Å². The highest BCUT2D eigenvalue weighted by Gasteiger charge is 2.37. The van der Waals surface area contributed by atoms with Crippen molar-refractivity contribution in [2.75, 3.05) is 5.32 Å². The Morgan fingerprint density at radius 3 is 2.39 bits per heavy atom. The zero-order valence-electron chi connectivity index (χ0n) is 10.1. The van der Waals surface area contributed by atoms with Gasteiger partial charge in [-0.25, -0.2) is 4.99 Å². The van der Waals surface area contributed by atoms with E-state index < -0.39 is 5.60 Å². The minimum absolute atomic E-state index is 0.565. The highest BCUT2D eigenvalue weighted by molar-refractivity contribution is 6.06. The van der Waals surface area contributed by atoms with Gasteiger partial charge in [0.1, 0.15) is 11.4 Å². The highest BCUT2D eigenvalue weighted by Crippen LogP contribution is 2.38. The molecule has 2 aromatic rings. The smallest absolute Gasteiger partial charge is 0.146 e. The van der Waals surface area contributed by atoms with E-state index in [0.717, 1.165) is 16.9 Å². The maximum absolute atomic E-state index is 10.6. The average molecular weight is 238 g/mol. The number of aliphatic imine (C=N–C) groups is 1. The third-order valence-corrected chi connectivity index (χ3v) is 3.16. The van der Waals surface area contributed by atoms with Crippen LogP contribution < -0.4 is 5.32 Å². The van der Waals surface area contributed by atoms with E-state index in [-0.39, 0.29) is 0 Å². The van der Waals surface area contributed by atoms with E-state index >= 15 is 0 Å². The van der Waals surface area contributed by atoms with Crippen molar-refractivity contribution in [3.63, 3.8) is 0 Å². The number of hydrogen-bond acceptors (Lipinski definition) is 3. The van der Waals surface area contributed by atoms with Gasteiger partial charge in [-0.2, -0.15) is 0 Å². The van der Waals surface area contributed by atoms with Gasteiger partial charge >= 0.3 is 0 Å². The maximum Gasteiger partial charge on any atom is 0.146 e. The van der Waals surface area contributed by atoms with Gasteiger partial charge in [0.2, 0.25) is 0 Å². The summed E-state index contributed by atoms with van der Waals surface area (Å²) in [5.41, 5.74) is 1.51. The Kier molecular flexibility index (Phi) is 2.42. The number of aliphatic hydroxyl groups is 1. The molecule has 2 N–H and O–H groups in total. The van der Waals surface area contributed by atoms with Crippen LogP contribution in [0.4, 0.5) is 11.4 Å². The lowest BCUT2D eigenvalue weighted by atomic mass is 9.96. The van der Waals surface area contributed by atoms with Crippen LogP contribution in [-0.4, -0.2) is 10.9 Å². The summed E-state index contributed by atoms with van der Waals surface area (Å²) >= 11 is 0. The Balaban J connectivity index is 1.96. The molecule has 3 nitrogen and oxygen atoms in total. The molecule has 3 heteroatoms. The summed E-state index contributed by atoms with van der Waals surface area (Å²) in [4.78, 5) is 4.46. The van der Waals surface area contributed by atoms with E-state index in [1.807, 2.05) is 54.6 Å². The molecule has 0 unspecified atom stereocenters. The number of para-hydroxylation sites is 2. The lowest BCUT2D eigenvalue weighted by molar-refractivity contribution is 0.137. The summed E-state index contributed by atoms with van der Waals surface area (Å²) in [6.07, 6.45) is 0. The molecule has 1 heterocycles. The second kappa shape index (κ2) is 3.96. The van der Waals surface area contributed by atoms with Gasteiger partial charge in [0.15, 0.2) is 0 Å². The van der Waals surface area contributed by atoms with Crippen LogP contribution in [0.5, 0.6) is 0 Å². The highest BCUT2D eigenvalue weighted by atomic mass is 16.3. The summed E-state index contributed by atoms with van der Waals surface area (Å²) in [5.74, 6) is 0.565. The Labute approximate surface area is 106 Å². The largest absolute Gasteiger partial charge is 0.377 e. The van der Waals surface area contributed by atoms with Gasteiger partial charge in [0, 0.05) is 11.3 Å². The lowest BCUT2D eigenvalue weighted by Gasteiger charge is -2.21. The van der Waals surface area contributed by atoms with Crippen molar-refractivity contribution in [2.24, 2.45) is 4.99 Å². The predicted molar refractivity (Wildman–Crippen MR) is 73.2 cm³/mol. The fourth-order valence-electron chi connectivity index (χ4n) is 2.15. The molecule has 0 spiro atoms. The number of anilines is 1. The van der Waals surface area contributed by atoms with Gasteiger partial charge in [-0.1, -0.05) is 36.4 Å². The van der Waals surface area contributed by atoms with Crippen LogP contribution in [0.25, 0.3) is 0 Å². The van der Waals surface area contributed by atoms with Crippen molar-refractivity contribution >= 4 is 17.2 Å². The summed E-state index contributed by atoms with van der Waals surface area (Å²) in [7, 11) is 0. The molecular weight excluding hydrogens is 224 g/mol. The molecule has 18 heavy (non-hydrogen) atoms. The molecule has 0 bridgehead atoms. The molecular formula is C15H14N2O. The zero-order chi connectivity index (χ0) is 12.6. The van der Waals surface area contributed by atoms with Crippen molar-refractivity contribution in [1.82, 2.24) is 0 Å². The SMILES string of the molecule is C[C@]1(O)C(Nc2ccccc2)=Nc2ccccc21. The fraction of sp³-hybridized carbons (Fsp3) is 0.133. The topological polar surface area (TPSA) is 44.6 Å². The minimum atomic E-state index is -1.06. The monoisotopic (exact) mass is 238 g/mol. The van der Waals surface area contributed by atoms with Gasteiger partial charge in [-0.3, -0.25) is 0 Å². The van der Waals surface area contributed by atoms with Crippen molar-refractivity contribution in [3.05, 3.63) is 60.2 Å². The molecule has 3 rings (SSSR count). The van der Waals surface area contributed by atoms with Crippen LogP contribution in [0.2, 0.25) is 0 Å². The van der Waals surface area contributed by atoms with Gasteiger partial charge in [0.25, 0.3) is 0 Å². The number of amidine groups is 1. The molecule has 0 radical (unpaired) electrons. The molecule has 1 aliphatic heterocycles. The quantitative estimate of drug-likeness (QED) is 0.802. The molecule has 0 saturated carbocycles. The molecule has 2 aromatic carbocycles. The number of nitrogens with zero attached hydrogens (tertiary/aromatic N) is 1. The fourth-order valence-corrected chi connectivity index (χ4v) is 2.15. The van der Waals surface area contributed by atoms with Crippen LogP contribution in [-0.2, 0) is 5.60 Å². The summed E-state index contributed by atoms with van der Waals surface area (Å²) < 4.78 is 0. The third kappa shape index (κ3) is 1.69. The van der Waals surface area contributed by atoms with E-state index in [0.29, 0.717) is 5.84 Å². The van der Waals surface area contributed by atoms with Crippen molar-refractivity contribution < 1.29 is 5.11 Å². The van der Waals surface area contributed by atoms with Gasteiger partial charge in [-0.05, 0) is 25.1 Å². The Hall–Kier alpha value is -2.13. The zero-order valence-corrected chi connectivity index (χ0v) is 10.1. The molecule has 0 saturated heterocycles. The first kappa shape index (κ1) is 11.0. The van der Waals surface area contributed by atoms with Crippen LogP contribution >= 0.6 is 0 Å². The first-order valence-corrected chi connectivity index (χ1v) is 5.91. The molecule has 90 valence electrons. The van der Waals surface area contributed by atoms with Crippen molar-refractivity contribution in [3.8, 4) is 0 Å². The Morgan fingerprint density at radius 1 is 1.00 bits per heavy atom. The van der Waals surface area contributed by atoms with Gasteiger partial charge in [-0.15, -0.1) is 0 Å². The average Bonchev–Trinajstić information content (AvgIpc) is 2.63. The van der Waals surface area contributed by atoms with E-state index in [2.05, 4.69) is 10.3 Å². The van der Waals surface area contributed by atoms with E-state index in [4.69, 9.17) is 0 Å². The summed E-state index contributed by atoms with van der Waals surface area (Å²) in [6.45, 7) is 1.76. The minimum Gasteiger partial charge on any atom is -0.377 e. The molecule has 0 aromatic heterocycles. The van der Waals surface area contributed by atoms with E-state index in [9.17, 15) is 5.11 Å². The lowest BCUT2D eigenvalue weighted by Crippen LogP contribution is -2.34. The predicted octanol–water partition coefficient (Wildman–Crippen LogP) is 3.05. The normalized spacial score (nSPS) is 21.3. The maximum atomic E-state index is 10.6. The third-order valence-electron chi connectivity index (χ3n) is 3.16. The number of benzene rings is 2. The second-order valence-corrected chi connectivity index (χ2v) is 4.54. The van der Waals surface area contributed by atoms with Crippen molar-refractivity contribution in [1.29, 1.82) is 0 Å². The molecule has 0 aliphatic carbocycles. The first-order chi connectivity index (χ1) is 8.68. The molecule has 1 aliphatic rings. The number of rotatable bonds is 1. The van der Waals surface area contributed by atoms with Gasteiger partial charge < -0.3 is 10.4 Å².